The number of benzene rings is 1. The van der Waals surface area contributed by atoms with Crippen molar-refractivity contribution in [1.29, 1.82) is 0 Å². The Kier molecular flexibility index (Phi) is 6.48. The summed E-state index contributed by atoms with van der Waals surface area (Å²) < 4.78 is 18.7. The van der Waals surface area contributed by atoms with Gasteiger partial charge in [0, 0.05) is 30.7 Å². The van der Waals surface area contributed by atoms with Gasteiger partial charge in [-0.25, -0.2) is 9.37 Å². The van der Waals surface area contributed by atoms with Crippen LogP contribution in [0.25, 0.3) is 17.1 Å². The van der Waals surface area contributed by atoms with Gasteiger partial charge in [-0.2, -0.15) is 0 Å². The zero-order valence-corrected chi connectivity index (χ0v) is 17.8. The number of halogens is 1. The number of rotatable bonds is 6. The number of fused-ring (bicyclic) bond motifs is 1. The van der Waals surface area contributed by atoms with Gasteiger partial charge in [0.05, 0.1) is 6.61 Å². The van der Waals surface area contributed by atoms with E-state index < -0.39 is 11.5 Å². The molecular formula is C24H23FN4O4. The fraction of sp³-hybridized carbons (Fsp3) is 0.250. The van der Waals surface area contributed by atoms with Gasteiger partial charge in [-0.05, 0) is 66.8 Å². The number of H-pyrrole nitrogens is 1. The average Bonchev–Trinajstić information content (AvgIpc) is 2.82. The molecule has 0 spiro atoms. The highest BCUT2D eigenvalue weighted by Crippen LogP contribution is 2.20. The van der Waals surface area contributed by atoms with Crippen molar-refractivity contribution >= 4 is 28.9 Å². The lowest BCUT2D eigenvalue weighted by Gasteiger charge is -2.31. The molecule has 9 heteroatoms. The minimum atomic E-state index is -0.819. The second-order valence-electron chi connectivity index (χ2n) is 7.95. The largest absolute Gasteiger partial charge is 0.493 e. The highest BCUT2D eigenvalue weighted by Gasteiger charge is 2.22. The number of ether oxygens (including phenoxy) is 1. The average molecular weight is 450 g/mol. The second kappa shape index (κ2) is 9.64. The second-order valence-corrected chi connectivity index (χ2v) is 7.95. The molecule has 4 rings (SSSR count). The van der Waals surface area contributed by atoms with Gasteiger partial charge in [0.2, 0.25) is 5.91 Å². The monoisotopic (exact) mass is 450 g/mol. The number of nitrogens with two attached hydrogens (primary N) is 1. The first kappa shape index (κ1) is 22.2. The summed E-state index contributed by atoms with van der Waals surface area (Å²) in [6.07, 6.45) is 6.31. The number of aromatic amines is 1. The first-order valence-electron chi connectivity index (χ1n) is 10.6. The molecular weight excluding hydrogens is 427 g/mol. The summed E-state index contributed by atoms with van der Waals surface area (Å²) in [7, 11) is 0. The summed E-state index contributed by atoms with van der Waals surface area (Å²) in [6.45, 7) is 1.78. The molecule has 0 aliphatic carbocycles. The van der Waals surface area contributed by atoms with Gasteiger partial charge in [-0.3, -0.25) is 14.4 Å². The molecule has 1 aromatic carbocycles. The number of primary amides is 1. The highest BCUT2D eigenvalue weighted by atomic mass is 19.1. The maximum Gasteiger partial charge on any atom is 0.262 e. The summed E-state index contributed by atoms with van der Waals surface area (Å²) >= 11 is 0. The standard InChI is InChI=1S/C24H23FN4O4/c25-18-2-4-19(5-3-18)33-14-15-7-9-29(10-8-15)21(30)6-1-16-11-17-12-20(22(26)31)24(32)28-23(17)27-13-16/h1-6,11-13,15H,7-10,14H2,(H2,26,31)(H,27,28,32)/b6-1+. The summed E-state index contributed by atoms with van der Waals surface area (Å²) in [5.74, 6) is -0.261. The smallest absolute Gasteiger partial charge is 0.262 e. The Hall–Kier alpha value is -4.01. The van der Waals surface area contributed by atoms with Crippen molar-refractivity contribution in [2.24, 2.45) is 11.7 Å². The van der Waals surface area contributed by atoms with Gasteiger partial charge >= 0.3 is 0 Å². The molecule has 1 fully saturated rings. The van der Waals surface area contributed by atoms with Gasteiger partial charge in [-0.15, -0.1) is 0 Å². The molecule has 2 aromatic heterocycles. The third-order valence-electron chi connectivity index (χ3n) is 5.62. The van der Waals surface area contributed by atoms with E-state index >= 15 is 0 Å². The Morgan fingerprint density at radius 1 is 1.21 bits per heavy atom. The number of likely N-dealkylation sites (tertiary alicyclic amines) is 1. The number of pyridine rings is 2. The summed E-state index contributed by atoms with van der Waals surface area (Å²) in [5, 5.41) is 0.542. The number of carbonyl (C=O) groups is 2. The van der Waals surface area contributed by atoms with Crippen LogP contribution in [0.4, 0.5) is 4.39 Å². The Bertz CT molecular complexity index is 1260. The summed E-state index contributed by atoms with van der Waals surface area (Å²) in [6, 6.07) is 9.04. The number of hydrogen-bond acceptors (Lipinski definition) is 5. The lowest BCUT2D eigenvalue weighted by molar-refractivity contribution is -0.127. The molecule has 33 heavy (non-hydrogen) atoms. The number of aromatic nitrogens is 2. The zero-order chi connectivity index (χ0) is 23.4. The van der Waals surface area contributed by atoms with Crippen LogP contribution in [0.15, 0.2) is 53.5 Å². The normalized spacial score (nSPS) is 14.6. The molecule has 3 N–H and O–H groups in total. The minimum Gasteiger partial charge on any atom is -0.493 e. The molecule has 1 aliphatic heterocycles. The van der Waals surface area contributed by atoms with E-state index in [1.807, 2.05) is 0 Å². The van der Waals surface area contributed by atoms with Crippen LogP contribution in [0, 0.1) is 11.7 Å². The van der Waals surface area contributed by atoms with Gasteiger partial charge in [0.15, 0.2) is 0 Å². The predicted molar refractivity (Wildman–Crippen MR) is 121 cm³/mol. The molecule has 3 aromatic rings. The van der Waals surface area contributed by atoms with Crippen LogP contribution >= 0.6 is 0 Å². The minimum absolute atomic E-state index is 0.104. The van der Waals surface area contributed by atoms with Crippen molar-refractivity contribution in [3.63, 3.8) is 0 Å². The van der Waals surface area contributed by atoms with Gasteiger partial charge < -0.3 is 20.4 Å². The van der Waals surface area contributed by atoms with E-state index in [9.17, 15) is 18.8 Å². The maximum atomic E-state index is 13.0. The van der Waals surface area contributed by atoms with Crippen LogP contribution < -0.4 is 16.0 Å². The number of nitrogens with zero attached hydrogens (tertiary/aromatic N) is 2. The molecule has 2 amide bonds. The highest BCUT2D eigenvalue weighted by molar-refractivity contribution is 5.96. The van der Waals surface area contributed by atoms with Gasteiger partial charge in [-0.1, -0.05) is 0 Å². The Labute approximate surface area is 188 Å². The fourth-order valence-corrected chi connectivity index (χ4v) is 3.72. The number of nitrogens with one attached hydrogen (secondary N) is 1. The molecule has 0 saturated carbocycles. The van der Waals surface area contributed by atoms with Crippen LogP contribution in [-0.2, 0) is 4.79 Å². The summed E-state index contributed by atoms with van der Waals surface area (Å²) in [4.78, 5) is 44.3. The van der Waals surface area contributed by atoms with E-state index in [0.29, 0.717) is 48.0 Å². The van der Waals surface area contributed by atoms with Crippen LogP contribution in [0.3, 0.4) is 0 Å². The third-order valence-corrected chi connectivity index (χ3v) is 5.62. The molecule has 0 unspecified atom stereocenters. The van der Waals surface area contributed by atoms with E-state index in [2.05, 4.69) is 9.97 Å². The molecule has 0 atom stereocenters. The fourth-order valence-electron chi connectivity index (χ4n) is 3.72. The quantitative estimate of drug-likeness (QED) is 0.560. The summed E-state index contributed by atoms with van der Waals surface area (Å²) in [5.41, 5.74) is 5.47. The molecule has 170 valence electrons. The van der Waals surface area contributed by atoms with Crippen molar-refractivity contribution in [3.05, 3.63) is 76.0 Å². The van der Waals surface area contributed by atoms with E-state index in [0.717, 1.165) is 12.8 Å². The van der Waals surface area contributed by atoms with E-state index in [-0.39, 0.29) is 17.3 Å². The van der Waals surface area contributed by atoms with Crippen molar-refractivity contribution in [2.75, 3.05) is 19.7 Å². The van der Waals surface area contributed by atoms with E-state index in [1.54, 1.807) is 29.2 Å². The lowest BCUT2D eigenvalue weighted by Crippen LogP contribution is -2.38. The lowest BCUT2D eigenvalue weighted by atomic mass is 9.97. The van der Waals surface area contributed by atoms with Crippen molar-refractivity contribution in [3.8, 4) is 5.75 Å². The molecule has 8 nitrogen and oxygen atoms in total. The Balaban J connectivity index is 1.33. The number of amides is 2. The van der Waals surface area contributed by atoms with E-state index in [4.69, 9.17) is 10.5 Å². The molecule has 1 saturated heterocycles. The van der Waals surface area contributed by atoms with E-state index in [1.165, 1.54) is 30.5 Å². The SMILES string of the molecule is NC(=O)c1cc2cc(/C=C/C(=O)N3CCC(COc4ccc(F)cc4)CC3)cnc2[nH]c1=O. The van der Waals surface area contributed by atoms with Crippen molar-refractivity contribution < 1.29 is 18.7 Å². The number of carbonyl (C=O) groups excluding carboxylic acids is 2. The van der Waals surface area contributed by atoms with Crippen molar-refractivity contribution in [2.45, 2.75) is 12.8 Å². The predicted octanol–water partition coefficient (Wildman–Crippen LogP) is 2.49. The van der Waals surface area contributed by atoms with Crippen LogP contribution in [0.1, 0.15) is 28.8 Å². The Morgan fingerprint density at radius 2 is 1.94 bits per heavy atom. The topological polar surface area (TPSA) is 118 Å². The van der Waals surface area contributed by atoms with Crippen LogP contribution in [0.2, 0.25) is 0 Å². The van der Waals surface area contributed by atoms with Gasteiger partial charge in [0.25, 0.3) is 11.5 Å². The third kappa shape index (κ3) is 5.43. The first-order chi connectivity index (χ1) is 15.9. The first-order valence-corrected chi connectivity index (χ1v) is 10.6. The van der Waals surface area contributed by atoms with Gasteiger partial charge in [0.1, 0.15) is 22.8 Å². The number of hydrogen-bond donors (Lipinski definition) is 2. The molecule has 0 bridgehead atoms. The molecule has 0 radical (unpaired) electrons. The Morgan fingerprint density at radius 3 is 2.64 bits per heavy atom. The molecule has 1 aliphatic rings. The van der Waals surface area contributed by atoms with Crippen molar-refractivity contribution in [1.82, 2.24) is 14.9 Å². The van der Waals surface area contributed by atoms with Crippen LogP contribution in [0.5, 0.6) is 5.75 Å². The number of piperidine rings is 1. The van der Waals surface area contributed by atoms with Crippen LogP contribution in [-0.4, -0.2) is 46.4 Å². The zero-order valence-electron chi connectivity index (χ0n) is 17.8. The maximum absolute atomic E-state index is 13.0. The molecule has 3 heterocycles.